The molecule has 1 atom stereocenters. The Labute approximate surface area is 101 Å². The number of amides is 2. The maximum Gasteiger partial charge on any atom is 0.245 e. The molecule has 0 fully saturated rings. The molecule has 0 aromatic heterocycles. The number of benzene rings is 1. The van der Waals surface area contributed by atoms with Gasteiger partial charge in [-0.05, 0) is 12.0 Å². The summed E-state index contributed by atoms with van der Waals surface area (Å²) in [6, 6.07) is 9.58. The first-order valence-electron chi connectivity index (χ1n) is 5.76. The SMILES string of the molecule is CCCC(C(=O)NNC(C)=O)c1ccccc1. The maximum absolute atomic E-state index is 11.9. The van der Waals surface area contributed by atoms with Crippen molar-refractivity contribution in [2.75, 3.05) is 0 Å². The molecule has 92 valence electrons. The van der Waals surface area contributed by atoms with E-state index in [1.165, 1.54) is 6.92 Å². The average Bonchev–Trinajstić information content (AvgIpc) is 2.34. The second kappa shape index (κ2) is 6.68. The van der Waals surface area contributed by atoms with E-state index in [0.29, 0.717) is 0 Å². The molecule has 0 saturated heterocycles. The van der Waals surface area contributed by atoms with Crippen LogP contribution in [0.3, 0.4) is 0 Å². The quantitative estimate of drug-likeness (QED) is 0.780. The highest BCUT2D eigenvalue weighted by atomic mass is 16.2. The van der Waals surface area contributed by atoms with E-state index >= 15 is 0 Å². The maximum atomic E-state index is 11.9. The van der Waals surface area contributed by atoms with Crippen molar-refractivity contribution < 1.29 is 9.59 Å². The minimum atomic E-state index is -0.276. The number of hydrazine groups is 1. The third kappa shape index (κ3) is 4.26. The van der Waals surface area contributed by atoms with Gasteiger partial charge in [-0.3, -0.25) is 20.4 Å². The first-order chi connectivity index (χ1) is 8.15. The van der Waals surface area contributed by atoms with Gasteiger partial charge in [-0.2, -0.15) is 0 Å². The highest BCUT2D eigenvalue weighted by Gasteiger charge is 2.19. The molecule has 1 aromatic rings. The van der Waals surface area contributed by atoms with Crippen LogP contribution in [0, 0.1) is 0 Å². The molecule has 2 amide bonds. The fourth-order valence-corrected chi connectivity index (χ4v) is 1.66. The molecular formula is C13H18N2O2. The van der Waals surface area contributed by atoms with Crippen LogP contribution in [0.25, 0.3) is 0 Å². The van der Waals surface area contributed by atoms with E-state index in [4.69, 9.17) is 0 Å². The molecule has 0 spiro atoms. The van der Waals surface area contributed by atoms with Crippen LogP contribution in [-0.2, 0) is 9.59 Å². The van der Waals surface area contributed by atoms with Crippen LogP contribution in [0.4, 0.5) is 0 Å². The summed E-state index contributed by atoms with van der Waals surface area (Å²) in [5, 5.41) is 0. The zero-order valence-corrected chi connectivity index (χ0v) is 10.2. The van der Waals surface area contributed by atoms with Crippen LogP contribution in [0.2, 0.25) is 0 Å². The van der Waals surface area contributed by atoms with Crippen molar-refractivity contribution in [1.82, 2.24) is 10.9 Å². The summed E-state index contributed by atoms with van der Waals surface area (Å²) in [5.74, 6) is -0.664. The Bertz CT molecular complexity index is 376. The molecule has 1 aromatic carbocycles. The Kier molecular flexibility index (Phi) is 5.20. The van der Waals surface area contributed by atoms with Gasteiger partial charge in [0.1, 0.15) is 0 Å². The summed E-state index contributed by atoms with van der Waals surface area (Å²) < 4.78 is 0. The average molecular weight is 234 g/mol. The zero-order valence-electron chi connectivity index (χ0n) is 10.2. The van der Waals surface area contributed by atoms with Crippen molar-refractivity contribution in [1.29, 1.82) is 0 Å². The van der Waals surface area contributed by atoms with Crippen molar-refractivity contribution in [2.45, 2.75) is 32.6 Å². The minimum absolute atomic E-state index is 0.173. The molecule has 1 rings (SSSR count). The van der Waals surface area contributed by atoms with Crippen LogP contribution in [-0.4, -0.2) is 11.8 Å². The molecule has 0 aliphatic carbocycles. The third-order valence-electron chi connectivity index (χ3n) is 2.46. The Hall–Kier alpha value is -1.84. The van der Waals surface area contributed by atoms with Gasteiger partial charge in [0.05, 0.1) is 5.92 Å². The van der Waals surface area contributed by atoms with E-state index in [0.717, 1.165) is 18.4 Å². The smallest absolute Gasteiger partial charge is 0.245 e. The molecule has 1 unspecified atom stereocenters. The minimum Gasteiger partial charge on any atom is -0.274 e. The Morgan fingerprint density at radius 3 is 2.35 bits per heavy atom. The molecule has 0 bridgehead atoms. The van der Waals surface area contributed by atoms with E-state index in [9.17, 15) is 9.59 Å². The van der Waals surface area contributed by atoms with Crippen molar-refractivity contribution in [3.8, 4) is 0 Å². The van der Waals surface area contributed by atoms with Crippen LogP contribution in [0.5, 0.6) is 0 Å². The monoisotopic (exact) mass is 234 g/mol. The van der Waals surface area contributed by atoms with Crippen molar-refractivity contribution >= 4 is 11.8 Å². The molecule has 0 aliphatic rings. The number of carbonyl (C=O) groups excluding carboxylic acids is 2. The summed E-state index contributed by atoms with van der Waals surface area (Å²) in [6.07, 6.45) is 1.67. The lowest BCUT2D eigenvalue weighted by molar-refractivity contribution is -0.128. The summed E-state index contributed by atoms with van der Waals surface area (Å²) in [7, 11) is 0. The lowest BCUT2D eigenvalue weighted by Crippen LogP contribution is -2.42. The highest BCUT2D eigenvalue weighted by Crippen LogP contribution is 2.20. The topological polar surface area (TPSA) is 58.2 Å². The summed E-state index contributed by atoms with van der Waals surface area (Å²) in [5.41, 5.74) is 5.71. The molecule has 0 radical (unpaired) electrons. The Morgan fingerprint density at radius 1 is 1.18 bits per heavy atom. The zero-order chi connectivity index (χ0) is 12.7. The molecule has 0 aliphatic heterocycles. The lowest BCUT2D eigenvalue weighted by atomic mass is 9.94. The van der Waals surface area contributed by atoms with Crippen LogP contribution in [0.15, 0.2) is 30.3 Å². The second-order valence-corrected chi connectivity index (χ2v) is 3.92. The molecule has 4 nitrogen and oxygen atoms in total. The number of rotatable bonds is 4. The predicted octanol–water partition coefficient (Wildman–Crippen LogP) is 1.74. The highest BCUT2D eigenvalue weighted by molar-refractivity contribution is 5.85. The number of nitrogens with one attached hydrogen (secondary N) is 2. The van der Waals surface area contributed by atoms with Gasteiger partial charge in [0.15, 0.2) is 0 Å². The molecule has 17 heavy (non-hydrogen) atoms. The van der Waals surface area contributed by atoms with Gasteiger partial charge in [-0.25, -0.2) is 0 Å². The van der Waals surface area contributed by atoms with Crippen LogP contribution >= 0.6 is 0 Å². The van der Waals surface area contributed by atoms with Crippen LogP contribution in [0.1, 0.15) is 38.2 Å². The predicted molar refractivity (Wildman–Crippen MR) is 66.1 cm³/mol. The number of hydrogen-bond acceptors (Lipinski definition) is 2. The van der Waals surface area contributed by atoms with Gasteiger partial charge in [0.2, 0.25) is 11.8 Å². The number of carbonyl (C=O) groups is 2. The van der Waals surface area contributed by atoms with Gasteiger partial charge in [-0.15, -0.1) is 0 Å². The van der Waals surface area contributed by atoms with Crippen molar-refractivity contribution in [3.63, 3.8) is 0 Å². The summed E-state index contributed by atoms with van der Waals surface area (Å²) in [6.45, 7) is 3.39. The molecular weight excluding hydrogens is 216 g/mol. The van der Waals surface area contributed by atoms with Crippen molar-refractivity contribution in [3.05, 3.63) is 35.9 Å². The van der Waals surface area contributed by atoms with Gasteiger partial charge in [0.25, 0.3) is 0 Å². The Balaban J connectivity index is 2.72. The second-order valence-electron chi connectivity index (χ2n) is 3.92. The van der Waals surface area contributed by atoms with E-state index in [-0.39, 0.29) is 17.7 Å². The number of hydrogen-bond donors (Lipinski definition) is 2. The Morgan fingerprint density at radius 2 is 1.82 bits per heavy atom. The summed E-state index contributed by atoms with van der Waals surface area (Å²) in [4.78, 5) is 22.7. The fraction of sp³-hybridized carbons (Fsp3) is 0.385. The van der Waals surface area contributed by atoms with Gasteiger partial charge in [0, 0.05) is 6.92 Å². The lowest BCUT2D eigenvalue weighted by Gasteiger charge is -2.16. The van der Waals surface area contributed by atoms with Crippen LogP contribution < -0.4 is 10.9 Å². The molecule has 0 saturated carbocycles. The summed E-state index contributed by atoms with van der Waals surface area (Å²) >= 11 is 0. The van der Waals surface area contributed by atoms with Gasteiger partial charge >= 0.3 is 0 Å². The standard InChI is InChI=1S/C13H18N2O2/c1-3-7-12(11-8-5-4-6-9-11)13(17)15-14-10(2)16/h4-6,8-9,12H,3,7H2,1-2H3,(H,14,16)(H,15,17). The van der Waals surface area contributed by atoms with E-state index < -0.39 is 0 Å². The van der Waals surface area contributed by atoms with Gasteiger partial charge < -0.3 is 0 Å². The van der Waals surface area contributed by atoms with E-state index in [2.05, 4.69) is 10.9 Å². The van der Waals surface area contributed by atoms with Crippen molar-refractivity contribution in [2.24, 2.45) is 0 Å². The fourth-order valence-electron chi connectivity index (χ4n) is 1.66. The first-order valence-corrected chi connectivity index (χ1v) is 5.76. The largest absolute Gasteiger partial charge is 0.274 e. The molecule has 2 N–H and O–H groups in total. The molecule has 4 heteroatoms. The van der Waals surface area contributed by atoms with E-state index in [1.54, 1.807) is 0 Å². The van der Waals surface area contributed by atoms with Gasteiger partial charge in [-0.1, -0.05) is 43.7 Å². The molecule has 0 heterocycles. The third-order valence-corrected chi connectivity index (χ3v) is 2.46. The first kappa shape index (κ1) is 13.2. The van der Waals surface area contributed by atoms with E-state index in [1.807, 2.05) is 37.3 Å². The normalized spacial score (nSPS) is 11.6.